The van der Waals surface area contributed by atoms with Crippen LogP contribution in [0.4, 0.5) is 0 Å². The number of carboxylic acids is 1. The summed E-state index contributed by atoms with van der Waals surface area (Å²) in [6, 6.07) is 10.3. The zero-order chi connectivity index (χ0) is 17.2. The number of nitrogens with zero attached hydrogens (tertiary/aromatic N) is 3. The summed E-state index contributed by atoms with van der Waals surface area (Å²) in [6.07, 6.45) is 7.08. The average molecular weight is 349 g/mol. The zero-order valence-corrected chi connectivity index (χ0v) is 13.6. The van der Waals surface area contributed by atoms with Crippen LogP contribution in [0.5, 0.6) is 0 Å². The average Bonchev–Trinajstić information content (AvgIpc) is 3.26. The molecule has 3 heterocycles. The van der Waals surface area contributed by atoms with Gasteiger partial charge in [0.15, 0.2) is 5.58 Å². The molecule has 0 saturated carbocycles. The molecule has 0 saturated heterocycles. The fourth-order valence-corrected chi connectivity index (χ4v) is 3.07. The van der Waals surface area contributed by atoms with Crippen LogP contribution in [0.3, 0.4) is 0 Å². The lowest BCUT2D eigenvalue weighted by Gasteiger charge is -1.91. The molecule has 0 fully saturated rings. The Hall–Kier alpha value is -3.32. The van der Waals surface area contributed by atoms with Crippen LogP contribution in [0.25, 0.3) is 34.0 Å². The molecule has 0 atom stereocenters. The number of benzene rings is 1. The first kappa shape index (κ1) is 15.2. The number of rotatable bonds is 4. The Balaban J connectivity index is 1.58. The summed E-state index contributed by atoms with van der Waals surface area (Å²) in [4.78, 5) is 24.9. The van der Waals surface area contributed by atoms with E-state index in [-0.39, 0.29) is 5.56 Å². The van der Waals surface area contributed by atoms with Gasteiger partial charge in [-0.15, -0.1) is 11.3 Å². The number of aromatic nitrogens is 3. The first-order valence-electron chi connectivity index (χ1n) is 7.38. The van der Waals surface area contributed by atoms with E-state index >= 15 is 0 Å². The van der Waals surface area contributed by atoms with Crippen molar-refractivity contribution in [2.24, 2.45) is 0 Å². The van der Waals surface area contributed by atoms with Gasteiger partial charge in [0, 0.05) is 23.3 Å². The normalized spacial score (nSPS) is 11.4. The summed E-state index contributed by atoms with van der Waals surface area (Å²) in [7, 11) is 0. The van der Waals surface area contributed by atoms with Crippen molar-refractivity contribution < 1.29 is 14.3 Å². The number of pyridine rings is 1. The van der Waals surface area contributed by atoms with Crippen LogP contribution in [-0.2, 0) is 0 Å². The second-order valence-corrected chi connectivity index (χ2v) is 6.22. The highest BCUT2D eigenvalue weighted by Crippen LogP contribution is 2.25. The lowest BCUT2D eigenvalue weighted by Crippen LogP contribution is -1.94. The van der Waals surface area contributed by atoms with Gasteiger partial charge in [-0.3, -0.25) is 4.98 Å². The number of aromatic carboxylic acids is 1. The standard InChI is InChI=1S/C18H11N3O3S/c22-18(23)11-4-6-13-15(9-11)24-16(21-13)7-5-12-10-20-17(25-12)14-3-1-2-8-19-14/h1-10H,(H,22,23)/b7-5+. The van der Waals surface area contributed by atoms with Crippen LogP contribution < -0.4 is 0 Å². The molecular weight excluding hydrogens is 338 g/mol. The minimum Gasteiger partial charge on any atom is -0.478 e. The van der Waals surface area contributed by atoms with Gasteiger partial charge in [0.05, 0.1) is 11.3 Å². The molecule has 7 heteroatoms. The predicted octanol–water partition coefficient (Wildman–Crippen LogP) is 4.21. The molecule has 0 radical (unpaired) electrons. The first-order chi connectivity index (χ1) is 12.2. The molecule has 6 nitrogen and oxygen atoms in total. The molecule has 4 rings (SSSR count). The van der Waals surface area contributed by atoms with Gasteiger partial charge in [0.1, 0.15) is 10.5 Å². The smallest absolute Gasteiger partial charge is 0.335 e. The van der Waals surface area contributed by atoms with Gasteiger partial charge in [-0.1, -0.05) is 6.07 Å². The van der Waals surface area contributed by atoms with Crippen LogP contribution in [-0.4, -0.2) is 26.0 Å². The largest absolute Gasteiger partial charge is 0.478 e. The Bertz CT molecular complexity index is 1080. The van der Waals surface area contributed by atoms with Crippen molar-refractivity contribution in [3.05, 3.63) is 65.1 Å². The number of carbonyl (C=O) groups is 1. The molecule has 25 heavy (non-hydrogen) atoms. The summed E-state index contributed by atoms with van der Waals surface area (Å²) in [5.41, 5.74) is 2.05. The topological polar surface area (TPSA) is 89.1 Å². The molecule has 0 aliphatic carbocycles. The number of hydrogen-bond donors (Lipinski definition) is 1. The van der Waals surface area contributed by atoms with E-state index in [0.717, 1.165) is 15.6 Å². The molecule has 122 valence electrons. The van der Waals surface area contributed by atoms with E-state index in [1.165, 1.54) is 23.5 Å². The zero-order valence-electron chi connectivity index (χ0n) is 12.8. The first-order valence-corrected chi connectivity index (χ1v) is 8.20. The van der Waals surface area contributed by atoms with Gasteiger partial charge >= 0.3 is 5.97 Å². The highest BCUT2D eigenvalue weighted by atomic mass is 32.1. The molecule has 0 aliphatic heterocycles. The lowest BCUT2D eigenvalue weighted by molar-refractivity contribution is 0.0697. The third-order valence-corrected chi connectivity index (χ3v) is 4.43. The highest BCUT2D eigenvalue weighted by Gasteiger charge is 2.09. The van der Waals surface area contributed by atoms with Crippen LogP contribution in [0.1, 0.15) is 21.1 Å². The summed E-state index contributed by atoms with van der Waals surface area (Å²) in [5.74, 6) is -0.590. The number of carboxylic acid groups (broad SMARTS) is 1. The highest BCUT2D eigenvalue weighted by molar-refractivity contribution is 7.15. The van der Waals surface area contributed by atoms with E-state index < -0.39 is 5.97 Å². The Kier molecular flexibility index (Phi) is 3.83. The SMILES string of the molecule is O=C(O)c1ccc2nc(/C=C/c3cnc(-c4ccccn4)s3)oc2c1. The van der Waals surface area contributed by atoms with E-state index in [1.807, 2.05) is 24.3 Å². The molecule has 4 aromatic rings. The molecule has 3 aromatic heterocycles. The van der Waals surface area contributed by atoms with Crippen molar-refractivity contribution in [3.8, 4) is 10.7 Å². The minimum atomic E-state index is -0.998. The second kappa shape index (κ2) is 6.29. The van der Waals surface area contributed by atoms with Crippen molar-refractivity contribution in [3.63, 3.8) is 0 Å². The Morgan fingerprint density at radius 3 is 2.88 bits per heavy atom. The maximum atomic E-state index is 11.0. The van der Waals surface area contributed by atoms with Gasteiger partial charge in [-0.25, -0.2) is 14.8 Å². The fraction of sp³-hybridized carbons (Fsp3) is 0. The minimum absolute atomic E-state index is 0.168. The summed E-state index contributed by atoms with van der Waals surface area (Å²) >= 11 is 1.51. The third-order valence-electron chi connectivity index (χ3n) is 3.45. The lowest BCUT2D eigenvalue weighted by atomic mass is 10.2. The molecule has 1 aromatic carbocycles. The van der Waals surface area contributed by atoms with Gasteiger partial charge in [0.2, 0.25) is 5.89 Å². The number of fused-ring (bicyclic) bond motifs is 1. The Labute approximate surface area is 146 Å². The molecule has 0 bridgehead atoms. The van der Waals surface area contributed by atoms with Gasteiger partial charge < -0.3 is 9.52 Å². The predicted molar refractivity (Wildman–Crippen MR) is 95.2 cm³/mol. The molecule has 0 amide bonds. The van der Waals surface area contributed by atoms with Crippen molar-refractivity contribution >= 4 is 40.6 Å². The second-order valence-electron chi connectivity index (χ2n) is 5.16. The summed E-state index contributed by atoms with van der Waals surface area (Å²) < 4.78 is 5.58. The van der Waals surface area contributed by atoms with Crippen LogP contribution in [0.2, 0.25) is 0 Å². The quantitative estimate of drug-likeness (QED) is 0.593. The van der Waals surface area contributed by atoms with Crippen molar-refractivity contribution in [2.45, 2.75) is 0 Å². The van der Waals surface area contributed by atoms with E-state index in [9.17, 15) is 4.79 Å². The van der Waals surface area contributed by atoms with Crippen molar-refractivity contribution in [2.75, 3.05) is 0 Å². The van der Waals surface area contributed by atoms with Crippen LogP contribution >= 0.6 is 11.3 Å². The van der Waals surface area contributed by atoms with E-state index in [2.05, 4.69) is 15.0 Å². The Morgan fingerprint density at radius 1 is 1.16 bits per heavy atom. The van der Waals surface area contributed by atoms with Crippen molar-refractivity contribution in [1.82, 2.24) is 15.0 Å². The molecular formula is C18H11N3O3S. The van der Waals surface area contributed by atoms with E-state index in [0.29, 0.717) is 17.0 Å². The Morgan fingerprint density at radius 2 is 2.08 bits per heavy atom. The summed E-state index contributed by atoms with van der Waals surface area (Å²) in [5, 5.41) is 9.85. The third kappa shape index (κ3) is 3.17. The van der Waals surface area contributed by atoms with Crippen molar-refractivity contribution in [1.29, 1.82) is 0 Å². The molecule has 0 aliphatic rings. The fourth-order valence-electron chi connectivity index (χ4n) is 2.27. The van der Waals surface area contributed by atoms with E-state index in [4.69, 9.17) is 9.52 Å². The number of oxazole rings is 1. The monoisotopic (exact) mass is 349 g/mol. The maximum absolute atomic E-state index is 11.0. The van der Waals surface area contributed by atoms with Gasteiger partial charge in [-0.2, -0.15) is 0 Å². The number of thiazole rings is 1. The molecule has 1 N–H and O–H groups in total. The summed E-state index contributed by atoms with van der Waals surface area (Å²) in [6.45, 7) is 0. The number of hydrogen-bond acceptors (Lipinski definition) is 6. The van der Waals surface area contributed by atoms with Gasteiger partial charge in [-0.05, 0) is 36.4 Å². The van der Waals surface area contributed by atoms with Gasteiger partial charge in [0.25, 0.3) is 0 Å². The molecule has 0 unspecified atom stereocenters. The van der Waals surface area contributed by atoms with E-state index in [1.54, 1.807) is 24.5 Å². The van der Waals surface area contributed by atoms with Crippen LogP contribution in [0.15, 0.2) is 53.2 Å². The molecule has 0 spiro atoms. The maximum Gasteiger partial charge on any atom is 0.335 e. The van der Waals surface area contributed by atoms with Crippen LogP contribution in [0, 0.1) is 0 Å².